The summed E-state index contributed by atoms with van der Waals surface area (Å²) in [5.74, 6) is 4.30. The lowest BCUT2D eigenvalue weighted by Gasteiger charge is -2.46. The highest BCUT2D eigenvalue weighted by Crippen LogP contribution is 2.66. The van der Waals surface area contributed by atoms with Crippen molar-refractivity contribution in [2.75, 3.05) is 59.2 Å². The second-order valence-corrected chi connectivity index (χ2v) is 18.9. The Hall–Kier alpha value is -8.56. The maximum absolute atomic E-state index is 16.8. The summed E-state index contributed by atoms with van der Waals surface area (Å²) in [6, 6.07) is 39.0. The lowest BCUT2D eigenvalue weighted by atomic mass is 9.64. The Morgan fingerprint density at radius 2 is 1.50 bits per heavy atom. The van der Waals surface area contributed by atoms with Crippen LogP contribution in [-0.2, 0) is 53.5 Å². The maximum atomic E-state index is 16.8. The van der Waals surface area contributed by atoms with Crippen LogP contribution in [0, 0.1) is 17.8 Å². The van der Waals surface area contributed by atoms with Crippen molar-refractivity contribution in [1.82, 2.24) is 24.8 Å². The summed E-state index contributed by atoms with van der Waals surface area (Å²) in [5, 5.41) is 18.5. The molecule has 0 saturated carbocycles. The zero-order valence-corrected chi connectivity index (χ0v) is 42.0. The summed E-state index contributed by atoms with van der Waals surface area (Å²) < 4.78 is 36.9. The number of imide groups is 1. The van der Waals surface area contributed by atoms with Crippen molar-refractivity contribution < 1.29 is 52.7 Å². The van der Waals surface area contributed by atoms with Gasteiger partial charge >= 0.3 is 12.1 Å². The second kappa shape index (κ2) is 21.0. The summed E-state index contributed by atoms with van der Waals surface area (Å²) in [6.07, 6.45) is -1.53. The van der Waals surface area contributed by atoms with E-state index in [1.807, 2.05) is 108 Å². The Morgan fingerprint density at radius 1 is 0.776 bits per heavy atom. The van der Waals surface area contributed by atoms with E-state index in [0.717, 1.165) is 27.1 Å². The highest BCUT2D eigenvalue weighted by molar-refractivity contribution is 6.23. The third-order valence-electron chi connectivity index (χ3n) is 14.9. The quantitative estimate of drug-likeness (QED) is 0.0715. The fourth-order valence-electron chi connectivity index (χ4n) is 11.7. The first kappa shape index (κ1) is 49.6. The Morgan fingerprint density at radius 3 is 2.25 bits per heavy atom. The number of amides is 3. The SMILES string of the molecule is COCCOC(=O)N1C(=O)[C@@]2(c3cc(C#CCn4nnc5ccccc54)ccc31)[C@H](c1cccc(OCCO)c1)N1[C@H](c3ccccc3)[C@H](c3ccccc3)OC(=O)[C@H]1[C@@H]2C(=O)N1CCc2cc(OC)c(OC)cc2C1. The van der Waals surface area contributed by atoms with E-state index < -0.39 is 59.4 Å². The average molecular weight is 1020 g/mol. The Bertz CT molecular complexity index is 3410. The molecule has 4 aliphatic heterocycles. The number of aliphatic hydroxyl groups excluding tert-OH is 1. The van der Waals surface area contributed by atoms with Crippen LogP contribution < -0.4 is 19.1 Å². The van der Waals surface area contributed by atoms with Crippen LogP contribution in [0.15, 0.2) is 140 Å². The van der Waals surface area contributed by atoms with Gasteiger partial charge in [0, 0.05) is 25.8 Å². The van der Waals surface area contributed by atoms with Crippen molar-refractivity contribution in [2.45, 2.75) is 49.2 Å². The Labute approximate surface area is 438 Å². The van der Waals surface area contributed by atoms with Crippen LogP contribution in [0.25, 0.3) is 11.0 Å². The molecule has 5 heterocycles. The fourth-order valence-corrected chi connectivity index (χ4v) is 11.7. The molecule has 1 spiro atoms. The number of para-hydroxylation sites is 1. The highest BCUT2D eigenvalue weighted by atomic mass is 16.6. The summed E-state index contributed by atoms with van der Waals surface area (Å²) in [6.45, 7) is 0.0204. The standard InChI is InChI=1S/C59H54N6O11/c1-71-30-31-75-58(70)64-46-24-23-37(14-13-26-63-47-22-11-10-21-45(47)60-61-63)32-44(46)59(57(64)69)50(55(67)62-27-25-40-34-48(72-2)49(73-3)35-42(40)36-62)52-56(68)76-53(39-17-8-5-9-18-39)51(38-15-6-4-7-16-38)65(52)54(59)41-19-12-20-43(33-41)74-29-28-66/h4-12,15-24,32-35,50-54,66H,25-31,36H2,1-3H3/t50-,51-,52-,53+,54+,59-/m1/s1. The molecule has 2 saturated heterocycles. The molecule has 17 nitrogen and oxygen atoms in total. The predicted octanol–water partition coefficient (Wildman–Crippen LogP) is 6.90. The van der Waals surface area contributed by atoms with Gasteiger partial charge in [-0.15, -0.1) is 5.10 Å². The van der Waals surface area contributed by atoms with Gasteiger partial charge in [-0.05, 0) is 94.4 Å². The van der Waals surface area contributed by atoms with Gasteiger partial charge in [-0.3, -0.25) is 19.3 Å². The number of rotatable bonds is 13. The van der Waals surface area contributed by atoms with Gasteiger partial charge in [0.15, 0.2) is 11.5 Å². The number of hydrogen-bond donors (Lipinski definition) is 1. The largest absolute Gasteiger partial charge is 0.493 e. The van der Waals surface area contributed by atoms with Gasteiger partial charge in [-0.1, -0.05) is 102 Å². The summed E-state index contributed by atoms with van der Waals surface area (Å²) in [5.41, 5.74) is 3.95. The molecule has 11 rings (SSSR count). The number of cyclic esters (lactones) is 1. The van der Waals surface area contributed by atoms with E-state index in [0.29, 0.717) is 45.9 Å². The molecule has 0 bridgehead atoms. The minimum Gasteiger partial charge on any atom is -0.493 e. The van der Waals surface area contributed by atoms with Gasteiger partial charge in [0.25, 0.3) is 0 Å². The zero-order chi connectivity index (χ0) is 52.5. The number of carbonyl (C=O) groups excluding carboxylic acids is 4. The van der Waals surface area contributed by atoms with E-state index in [2.05, 4.69) is 22.2 Å². The number of benzene rings is 6. The molecule has 0 unspecified atom stereocenters. The van der Waals surface area contributed by atoms with E-state index in [1.54, 1.807) is 60.2 Å². The summed E-state index contributed by atoms with van der Waals surface area (Å²) in [4.78, 5) is 68.6. The van der Waals surface area contributed by atoms with Gasteiger partial charge in [0.05, 0.1) is 56.6 Å². The zero-order valence-electron chi connectivity index (χ0n) is 42.0. The third kappa shape index (κ3) is 8.53. The van der Waals surface area contributed by atoms with Crippen LogP contribution in [0.5, 0.6) is 17.2 Å². The predicted molar refractivity (Wildman–Crippen MR) is 277 cm³/mol. The molecular weight excluding hydrogens is 969 g/mol. The molecule has 6 aromatic carbocycles. The molecule has 17 heteroatoms. The molecule has 2 fully saturated rings. The first-order chi connectivity index (χ1) is 37.2. The van der Waals surface area contributed by atoms with Crippen LogP contribution in [0.3, 0.4) is 0 Å². The van der Waals surface area contributed by atoms with Gasteiger partial charge in [0.2, 0.25) is 11.8 Å². The van der Waals surface area contributed by atoms with E-state index in [9.17, 15) is 9.90 Å². The van der Waals surface area contributed by atoms with E-state index in [1.165, 1.54) is 7.11 Å². The summed E-state index contributed by atoms with van der Waals surface area (Å²) in [7, 11) is 4.58. The molecule has 4 aliphatic rings. The fraction of sp³-hybridized carbons (Fsp3) is 0.288. The van der Waals surface area contributed by atoms with Gasteiger partial charge in [0.1, 0.15) is 48.6 Å². The Kier molecular flexibility index (Phi) is 13.7. The summed E-state index contributed by atoms with van der Waals surface area (Å²) >= 11 is 0. The molecular formula is C59H54N6O11. The van der Waals surface area contributed by atoms with Crippen LogP contribution in [-0.4, -0.2) is 114 Å². The Balaban J connectivity index is 1.18. The minimum absolute atomic E-state index is 0.0376. The number of carbonyl (C=O) groups is 4. The lowest BCUT2D eigenvalue weighted by Crippen LogP contribution is -2.57. The van der Waals surface area contributed by atoms with Crippen molar-refractivity contribution in [2.24, 2.45) is 5.92 Å². The van der Waals surface area contributed by atoms with Crippen molar-refractivity contribution in [1.29, 1.82) is 0 Å². The molecule has 0 radical (unpaired) electrons. The number of ether oxygens (including phenoxy) is 6. The lowest BCUT2D eigenvalue weighted by molar-refractivity contribution is -0.179. The molecule has 76 heavy (non-hydrogen) atoms. The molecule has 386 valence electrons. The van der Waals surface area contributed by atoms with Crippen molar-refractivity contribution in [3.8, 4) is 29.1 Å². The molecule has 1 N–H and O–H groups in total. The van der Waals surface area contributed by atoms with Crippen LogP contribution in [0.2, 0.25) is 0 Å². The average Bonchev–Trinajstić information content (AvgIpc) is 4.29. The first-order valence-corrected chi connectivity index (χ1v) is 25.1. The van der Waals surface area contributed by atoms with Gasteiger partial charge in [-0.25, -0.2) is 14.4 Å². The molecule has 6 atom stereocenters. The molecule has 0 aliphatic carbocycles. The van der Waals surface area contributed by atoms with Crippen molar-refractivity contribution in [3.05, 3.63) is 178 Å². The highest BCUT2D eigenvalue weighted by Gasteiger charge is 2.76. The van der Waals surface area contributed by atoms with E-state index >= 15 is 14.4 Å². The maximum Gasteiger partial charge on any atom is 0.421 e. The number of methoxy groups -OCH3 is 3. The third-order valence-corrected chi connectivity index (χ3v) is 14.9. The monoisotopic (exact) mass is 1020 g/mol. The van der Waals surface area contributed by atoms with Crippen LogP contribution in [0.1, 0.15) is 57.1 Å². The van der Waals surface area contributed by atoms with Crippen LogP contribution in [0.4, 0.5) is 10.5 Å². The number of hydrogen-bond acceptors (Lipinski definition) is 14. The number of aliphatic hydroxyl groups is 1. The minimum atomic E-state index is -2.09. The van der Waals surface area contributed by atoms with Crippen LogP contribution >= 0.6 is 0 Å². The van der Waals surface area contributed by atoms with E-state index in [4.69, 9.17) is 28.4 Å². The number of aromatic nitrogens is 3. The van der Waals surface area contributed by atoms with Gasteiger partial charge < -0.3 is 38.4 Å². The topological polar surface area (TPSA) is 184 Å². The number of esters is 1. The molecule has 1 aromatic heterocycles. The first-order valence-electron chi connectivity index (χ1n) is 25.1. The van der Waals surface area contributed by atoms with Crippen molar-refractivity contribution in [3.63, 3.8) is 0 Å². The smallest absolute Gasteiger partial charge is 0.421 e. The molecule has 7 aromatic rings. The van der Waals surface area contributed by atoms with Crippen molar-refractivity contribution >= 4 is 40.6 Å². The normalized spacial score (nSPS) is 21.6. The number of morpholine rings is 1. The number of anilines is 1. The number of nitrogens with zero attached hydrogens (tertiary/aromatic N) is 6. The van der Waals surface area contributed by atoms with Gasteiger partial charge in [-0.2, -0.15) is 0 Å². The molecule has 3 amide bonds. The second-order valence-electron chi connectivity index (χ2n) is 18.9. The van der Waals surface area contributed by atoms with E-state index in [-0.39, 0.29) is 57.3 Å². The number of fused-ring (bicyclic) bond motifs is 5.